The largest absolute Gasteiger partial charge is 0.324 e. The van der Waals surface area contributed by atoms with Gasteiger partial charge in [-0.3, -0.25) is 4.79 Å². The van der Waals surface area contributed by atoms with Crippen LogP contribution in [0.5, 0.6) is 0 Å². The van der Waals surface area contributed by atoms with E-state index in [0.29, 0.717) is 5.92 Å². The Balaban J connectivity index is 1.74. The van der Waals surface area contributed by atoms with Crippen molar-refractivity contribution < 1.29 is 4.79 Å². The summed E-state index contributed by atoms with van der Waals surface area (Å²) in [6, 6.07) is 20.2. The maximum atomic E-state index is 12.8. The minimum atomic E-state index is -0.208. The van der Waals surface area contributed by atoms with E-state index < -0.39 is 0 Å². The summed E-state index contributed by atoms with van der Waals surface area (Å²) >= 11 is 0. The molecule has 0 unspecified atom stereocenters. The lowest BCUT2D eigenvalue weighted by Crippen LogP contribution is -2.19. The number of benzene rings is 2. The second kappa shape index (κ2) is 8.05. The molecule has 0 aliphatic rings. The number of hydrogen-bond donors (Lipinski definition) is 1. The van der Waals surface area contributed by atoms with Gasteiger partial charge in [0.15, 0.2) is 0 Å². The smallest absolute Gasteiger partial charge is 0.231 e. The summed E-state index contributed by atoms with van der Waals surface area (Å²) in [5, 5.41) is 3.08. The Labute approximate surface area is 155 Å². The molecule has 0 fully saturated rings. The Hall–Kier alpha value is -2.81. The molecular weight excluding hydrogens is 320 g/mol. The number of nitrogens with zero attached hydrogens (tertiary/aromatic N) is 1. The average molecular weight is 346 g/mol. The van der Waals surface area contributed by atoms with Crippen LogP contribution in [0.1, 0.15) is 37.8 Å². The topological polar surface area (TPSA) is 34.0 Å². The number of aromatic nitrogens is 1. The maximum Gasteiger partial charge on any atom is 0.231 e. The third-order valence-electron chi connectivity index (χ3n) is 4.56. The van der Waals surface area contributed by atoms with E-state index in [9.17, 15) is 4.79 Å². The molecule has 0 spiro atoms. The third-order valence-corrected chi connectivity index (χ3v) is 4.56. The van der Waals surface area contributed by atoms with E-state index in [2.05, 4.69) is 43.4 Å². The highest BCUT2D eigenvalue weighted by Gasteiger charge is 2.17. The zero-order valence-corrected chi connectivity index (χ0v) is 15.6. The highest BCUT2D eigenvalue weighted by molar-refractivity contribution is 5.97. The Bertz CT molecular complexity index is 848. The summed E-state index contributed by atoms with van der Waals surface area (Å²) in [4.78, 5) is 12.8. The summed E-state index contributed by atoms with van der Waals surface area (Å²) in [5.41, 5.74) is 4.13. The van der Waals surface area contributed by atoms with Gasteiger partial charge in [-0.25, -0.2) is 0 Å². The fourth-order valence-electron chi connectivity index (χ4n) is 3.11. The molecular formula is C23H26N2O. The van der Waals surface area contributed by atoms with E-state index in [-0.39, 0.29) is 11.8 Å². The van der Waals surface area contributed by atoms with Crippen LogP contribution in [-0.2, 0) is 11.2 Å². The molecule has 3 nitrogen and oxygen atoms in total. The molecule has 1 heterocycles. The Kier molecular flexibility index (Phi) is 5.57. The van der Waals surface area contributed by atoms with Crippen LogP contribution in [0, 0.1) is 5.92 Å². The van der Waals surface area contributed by atoms with Crippen LogP contribution >= 0.6 is 0 Å². The number of hydrogen-bond acceptors (Lipinski definition) is 1. The first-order valence-corrected chi connectivity index (χ1v) is 9.16. The quantitative estimate of drug-likeness (QED) is 0.635. The van der Waals surface area contributed by atoms with Crippen LogP contribution in [0.2, 0.25) is 0 Å². The standard InChI is InChI=1S/C23H26N2O/c1-17(2)16-19-10-12-20(13-11-19)18(3)23(26)24-21-8-4-5-9-22(21)25-14-6-7-15-25/h4-15,17-18H,16H2,1-3H3,(H,24,26)/t18-/m1/s1. The van der Waals surface area contributed by atoms with Crippen molar-refractivity contribution in [2.75, 3.05) is 5.32 Å². The van der Waals surface area contributed by atoms with Crippen LogP contribution in [0.25, 0.3) is 5.69 Å². The van der Waals surface area contributed by atoms with E-state index in [4.69, 9.17) is 0 Å². The van der Waals surface area contributed by atoms with Gasteiger partial charge in [0.1, 0.15) is 0 Å². The normalized spacial score (nSPS) is 12.2. The molecule has 0 radical (unpaired) electrons. The van der Waals surface area contributed by atoms with Gasteiger partial charge in [0.25, 0.3) is 0 Å². The molecule has 0 saturated heterocycles. The van der Waals surface area contributed by atoms with Gasteiger partial charge >= 0.3 is 0 Å². The van der Waals surface area contributed by atoms with Crippen molar-refractivity contribution in [1.82, 2.24) is 4.57 Å². The molecule has 26 heavy (non-hydrogen) atoms. The lowest BCUT2D eigenvalue weighted by molar-refractivity contribution is -0.117. The SMILES string of the molecule is CC(C)Cc1ccc([C@@H](C)C(=O)Nc2ccccc2-n2cccc2)cc1. The van der Waals surface area contributed by atoms with Crippen molar-refractivity contribution >= 4 is 11.6 Å². The summed E-state index contributed by atoms with van der Waals surface area (Å²) in [6.45, 7) is 6.38. The molecule has 2 aromatic carbocycles. The van der Waals surface area contributed by atoms with Gasteiger partial charge in [-0.1, -0.05) is 50.2 Å². The molecule has 1 atom stereocenters. The molecule has 1 N–H and O–H groups in total. The number of amides is 1. The number of rotatable bonds is 6. The van der Waals surface area contributed by atoms with Gasteiger partial charge in [-0.05, 0) is 54.7 Å². The van der Waals surface area contributed by atoms with Gasteiger partial charge in [0.05, 0.1) is 17.3 Å². The van der Waals surface area contributed by atoms with Gasteiger partial charge < -0.3 is 9.88 Å². The lowest BCUT2D eigenvalue weighted by Gasteiger charge is -2.16. The number of nitrogens with one attached hydrogen (secondary N) is 1. The van der Waals surface area contributed by atoms with Crippen LogP contribution in [0.4, 0.5) is 5.69 Å². The van der Waals surface area contributed by atoms with Crippen molar-refractivity contribution in [2.24, 2.45) is 5.92 Å². The van der Waals surface area contributed by atoms with Crippen molar-refractivity contribution in [3.63, 3.8) is 0 Å². The summed E-state index contributed by atoms with van der Waals surface area (Å²) in [6.07, 6.45) is 5.01. The van der Waals surface area contributed by atoms with Crippen molar-refractivity contribution in [1.29, 1.82) is 0 Å². The van der Waals surface area contributed by atoms with Crippen LogP contribution in [0.3, 0.4) is 0 Å². The van der Waals surface area contributed by atoms with Crippen molar-refractivity contribution in [2.45, 2.75) is 33.1 Å². The molecule has 3 heteroatoms. The lowest BCUT2D eigenvalue weighted by atomic mass is 9.96. The minimum Gasteiger partial charge on any atom is -0.324 e. The number of carbonyl (C=O) groups excluding carboxylic acids is 1. The van der Waals surface area contributed by atoms with Gasteiger partial charge in [0, 0.05) is 12.4 Å². The predicted octanol–water partition coefficient (Wildman–Crippen LogP) is 5.42. The van der Waals surface area contributed by atoms with E-state index in [1.54, 1.807) is 0 Å². The molecule has 1 aromatic heterocycles. The zero-order valence-electron chi connectivity index (χ0n) is 15.6. The third kappa shape index (κ3) is 4.23. The fourth-order valence-corrected chi connectivity index (χ4v) is 3.11. The molecule has 3 aromatic rings. The first kappa shape index (κ1) is 18.0. The van der Waals surface area contributed by atoms with Crippen molar-refractivity contribution in [3.05, 3.63) is 84.2 Å². The second-order valence-electron chi connectivity index (χ2n) is 7.16. The average Bonchev–Trinajstić information content (AvgIpc) is 3.16. The zero-order chi connectivity index (χ0) is 18.5. The van der Waals surface area contributed by atoms with Crippen LogP contribution in [-0.4, -0.2) is 10.5 Å². The predicted molar refractivity (Wildman–Crippen MR) is 108 cm³/mol. The Morgan fingerprint density at radius 1 is 0.923 bits per heavy atom. The van der Waals surface area contributed by atoms with Gasteiger partial charge in [-0.15, -0.1) is 0 Å². The number of anilines is 1. The second-order valence-corrected chi connectivity index (χ2v) is 7.16. The van der Waals surface area contributed by atoms with Gasteiger partial charge in [-0.2, -0.15) is 0 Å². The molecule has 0 aliphatic carbocycles. The molecule has 0 bridgehead atoms. The minimum absolute atomic E-state index is 0.00113. The molecule has 3 rings (SSSR count). The summed E-state index contributed by atoms with van der Waals surface area (Å²) in [7, 11) is 0. The first-order chi connectivity index (χ1) is 12.5. The highest BCUT2D eigenvalue weighted by atomic mass is 16.1. The molecule has 0 aliphatic heterocycles. The Morgan fingerprint density at radius 3 is 2.23 bits per heavy atom. The Morgan fingerprint density at radius 2 is 1.58 bits per heavy atom. The van der Waals surface area contributed by atoms with Crippen molar-refractivity contribution in [3.8, 4) is 5.69 Å². The van der Waals surface area contributed by atoms with E-state index in [1.165, 1.54) is 5.56 Å². The van der Waals surface area contributed by atoms with E-state index in [0.717, 1.165) is 23.4 Å². The molecule has 0 saturated carbocycles. The van der Waals surface area contributed by atoms with Gasteiger partial charge in [0.2, 0.25) is 5.91 Å². The molecule has 134 valence electrons. The first-order valence-electron chi connectivity index (χ1n) is 9.16. The van der Waals surface area contributed by atoms with Crippen LogP contribution in [0.15, 0.2) is 73.1 Å². The fraction of sp³-hybridized carbons (Fsp3) is 0.261. The summed E-state index contributed by atoms with van der Waals surface area (Å²) in [5.74, 6) is 0.425. The summed E-state index contributed by atoms with van der Waals surface area (Å²) < 4.78 is 2.00. The maximum absolute atomic E-state index is 12.8. The van der Waals surface area contributed by atoms with E-state index in [1.807, 2.05) is 60.3 Å². The number of carbonyl (C=O) groups is 1. The van der Waals surface area contributed by atoms with Crippen LogP contribution < -0.4 is 5.32 Å². The highest BCUT2D eigenvalue weighted by Crippen LogP contribution is 2.23. The number of para-hydroxylation sites is 2. The monoisotopic (exact) mass is 346 g/mol. The molecule has 1 amide bonds. The van der Waals surface area contributed by atoms with E-state index >= 15 is 0 Å².